The second-order valence-electron chi connectivity index (χ2n) is 5.45. The fourth-order valence-corrected chi connectivity index (χ4v) is 3.51. The van der Waals surface area contributed by atoms with E-state index in [-0.39, 0.29) is 11.4 Å². The molecule has 1 aliphatic rings. The molecule has 0 bridgehead atoms. The molecule has 1 N–H and O–H groups in total. The van der Waals surface area contributed by atoms with Crippen molar-refractivity contribution in [3.8, 4) is 17.2 Å². The third-order valence-corrected chi connectivity index (χ3v) is 5.11. The molecule has 2 aromatic carbocycles. The molecule has 0 radical (unpaired) electrons. The number of aryl methyl sites for hydroxylation is 1. The van der Waals surface area contributed by atoms with Gasteiger partial charge in [0, 0.05) is 18.2 Å². The zero-order chi connectivity index (χ0) is 17.2. The molecule has 0 saturated carbocycles. The molecule has 0 saturated heterocycles. The number of hydrogen-bond donors (Lipinski definition) is 1. The van der Waals surface area contributed by atoms with Crippen molar-refractivity contribution in [2.24, 2.45) is 0 Å². The van der Waals surface area contributed by atoms with Gasteiger partial charge >= 0.3 is 0 Å². The van der Waals surface area contributed by atoms with Crippen molar-refractivity contribution in [1.29, 1.82) is 0 Å². The van der Waals surface area contributed by atoms with Gasteiger partial charge < -0.3 is 14.2 Å². The highest BCUT2D eigenvalue weighted by Gasteiger charge is 2.19. The lowest BCUT2D eigenvalue weighted by Crippen LogP contribution is -2.24. The Kier molecular flexibility index (Phi) is 4.64. The Hall–Kier alpha value is -2.25. The molecule has 0 aliphatic carbocycles. The summed E-state index contributed by atoms with van der Waals surface area (Å²) in [4.78, 5) is 0.137. The summed E-state index contributed by atoms with van der Waals surface area (Å²) < 4.78 is 43.8. The molecular formula is C17H19NO5S. The second-order valence-corrected chi connectivity index (χ2v) is 7.21. The molecular weight excluding hydrogens is 330 g/mol. The molecule has 0 unspecified atom stereocenters. The quantitative estimate of drug-likeness (QED) is 0.896. The molecule has 0 amide bonds. The van der Waals surface area contributed by atoms with Crippen LogP contribution in [-0.4, -0.2) is 28.7 Å². The van der Waals surface area contributed by atoms with Crippen molar-refractivity contribution in [3.05, 3.63) is 47.5 Å². The lowest BCUT2D eigenvalue weighted by atomic mass is 10.1. The van der Waals surface area contributed by atoms with E-state index < -0.39 is 10.0 Å². The highest BCUT2D eigenvalue weighted by Crippen LogP contribution is 2.32. The van der Waals surface area contributed by atoms with Crippen molar-refractivity contribution in [1.82, 2.24) is 4.72 Å². The fourth-order valence-electron chi connectivity index (χ4n) is 2.49. The van der Waals surface area contributed by atoms with E-state index in [1.165, 1.54) is 12.1 Å². The van der Waals surface area contributed by atoms with Crippen LogP contribution in [0, 0.1) is 6.92 Å². The number of fused-ring (bicyclic) bond motifs is 1. The molecule has 0 atom stereocenters. The molecule has 6 nitrogen and oxygen atoms in total. The maximum atomic E-state index is 12.5. The summed E-state index contributed by atoms with van der Waals surface area (Å²) in [7, 11) is -2.11. The predicted octanol–water partition coefficient (Wildman–Crippen LogP) is 2.25. The first-order chi connectivity index (χ1) is 11.5. The van der Waals surface area contributed by atoms with Crippen molar-refractivity contribution in [3.63, 3.8) is 0 Å². The maximum absolute atomic E-state index is 12.5. The summed E-state index contributed by atoms with van der Waals surface area (Å²) in [5.74, 6) is 1.64. The first kappa shape index (κ1) is 16.6. The lowest BCUT2D eigenvalue weighted by Gasteiger charge is -2.19. The SMILES string of the molecule is COc1ccc(C)cc1CNS(=O)(=O)c1ccc2c(c1)OCCO2. The smallest absolute Gasteiger partial charge is 0.241 e. The first-order valence-corrected chi connectivity index (χ1v) is 9.01. The number of methoxy groups -OCH3 is 1. The largest absolute Gasteiger partial charge is 0.496 e. The molecule has 1 aliphatic heterocycles. The van der Waals surface area contributed by atoms with E-state index in [4.69, 9.17) is 14.2 Å². The Bertz CT molecular complexity index is 848. The third-order valence-electron chi connectivity index (χ3n) is 3.71. The predicted molar refractivity (Wildman–Crippen MR) is 89.2 cm³/mol. The normalized spacial score (nSPS) is 13.6. The molecule has 3 rings (SSSR count). The number of nitrogens with one attached hydrogen (secondary N) is 1. The molecule has 0 spiro atoms. The summed E-state index contributed by atoms with van der Waals surface area (Å²) in [6.45, 7) is 2.95. The van der Waals surface area contributed by atoms with Gasteiger partial charge in [0.05, 0.1) is 12.0 Å². The molecule has 0 aromatic heterocycles. The van der Waals surface area contributed by atoms with Crippen LogP contribution in [0.5, 0.6) is 17.2 Å². The molecule has 24 heavy (non-hydrogen) atoms. The van der Waals surface area contributed by atoms with Gasteiger partial charge in [0.15, 0.2) is 11.5 Å². The maximum Gasteiger partial charge on any atom is 0.241 e. The Morgan fingerprint density at radius 3 is 2.58 bits per heavy atom. The molecule has 1 heterocycles. The summed E-state index contributed by atoms with van der Waals surface area (Å²) >= 11 is 0. The number of ether oxygens (including phenoxy) is 3. The molecule has 7 heteroatoms. The average Bonchev–Trinajstić information content (AvgIpc) is 2.59. The molecule has 2 aromatic rings. The van der Waals surface area contributed by atoms with Crippen LogP contribution < -0.4 is 18.9 Å². The Morgan fingerprint density at radius 1 is 1.08 bits per heavy atom. The zero-order valence-corrected chi connectivity index (χ0v) is 14.4. The highest BCUT2D eigenvalue weighted by atomic mass is 32.2. The van der Waals surface area contributed by atoms with Gasteiger partial charge in [0.2, 0.25) is 10.0 Å². The minimum atomic E-state index is -3.67. The van der Waals surface area contributed by atoms with Crippen molar-refractivity contribution in [2.75, 3.05) is 20.3 Å². The van der Waals surface area contributed by atoms with Gasteiger partial charge in [0.25, 0.3) is 0 Å². The Balaban J connectivity index is 1.81. The van der Waals surface area contributed by atoms with Gasteiger partial charge in [-0.25, -0.2) is 13.1 Å². The van der Waals surface area contributed by atoms with E-state index in [9.17, 15) is 8.42 Å². The van der Waals surface area contributed by atoms with Gasteiger partial charge in [-0.05, 0) is 25.1 Å². The highest BCUT2D eigenvalue weighted by molar-refractivity contribution is 7.89. The number of benzene rings is 2. The second kappa shape index (κ2) is 6.70. The van der Waals surface area contributed by atoms with E-state index in [0.717, 1.165) is 11.1 Å². The summed E-state index contributed by atoms with van der Waals surface area (Å²) in [6.07, 6.45) is 0. The Morgan fingerprint density at radius 2 is 1.83 bits per heavy atom. The van der Waals surface area contributed by atoms with Gasteiger partial charge in [-0.2, -0.15) is 0 Å². The van der Waals surface area contributed by atoms with Gasteiger partial charge in [-0.1, -0.05) is 17.7 Å². The van der Waals surface area contributed by atoms with Gasteiger partial charge in [-0.15, -0.1) is 0 Å². The van der Waals surface area contributed by atoms with E-state index in [2.05, 4.69) is 4.72 Å². The van der Waals surface area contributed by atoms with Crippen LogP contribution in [0.3, 0.4) is 0 Å². The number of hydrogen-bond acceptors (Lipinski definition) is 5. The van der Waals surface area contributed by atoms with Crippen molar-refractivity contribution in [2.45, 2.75) is 18.4 Å². The van der Waals surface area contributed by atoms with Gasteiger partial charge in [-0.3, -0.25) is 0 Å². The number of sulfonamides is 1. The zero-order valence-electron chi connectivity index (χ0n) is 13.5. The third kappa shape index (κ3) is 3.47. The standard InChI is InChI=1S/C17H19NO5S/c1-12-3-5-15(21-2)13(9-12)11-18-24(19,20)14-4-6-16-17(10-14)23-8-7-22-16/h3-6,9-10,18H,7-8,11H2,1-2H3. The van der Waals surface area contributed by atoms with E-state index >= 15 is 0 Å². The van der Waals surface area contributed by atoms with Crippen LogP contribution in [-0.2, 0) is 16.6 Å². The monoisotopic (exact) mass is 349 g/mol. The van der Waals surface area contributed by atoms with E-state index in [1.54, 1.807) is 13.2 Å². The molecule has 128 valence electrons. The van der Waals surface area contributed by atoms with Crippen LogP contribution in [0.1, 0.15) is 11.1 Å². The van der Waals surface area contributed by atoms with Crippen LogP contribution in [0.15, 0.2) is 41.3 Å². The topological polar surface area (TPSA) is 73.9 Å². The minimum absolute atomic E-state index is 0.137. The van der Waals surface area contributed by atoms with Crippen LogP contribution >= 0.6 is 0 Å². The van der Waals surface area contributed by atoms with E-state index in [1.807, 2.05) is 25.1 Å². The summed E-state index contributed by atoms with van der Waals surface area (Å²) in [5.41, 5.74) is 1.81. The summed E-state index contributed by atoms with van der Waals surface area (Å²) in [5, 5.41) is 0. The Labute approximate surface area is 141 Å². The fraction of sp³-hybridized carbons (Fsp3) is 0.294. The molecule has 0 fully saturated rings. The number of rotatable bonds is 5. The lowest BCUT2D eigenvalue weighted by molar-refractivity contribution is 0.171. The van der Waals surface area contributed by atoms with E-state index in [0.29, 0.717) is 30.5 Å². The average molecular weight is 349 g/mol. The van der Waals surface area contributed by atoms with Crippen LogP contribution in [0.2, 0.25) is 0 Å². The van der Waals surface area contributed by atoms with Crippen LogP contribution in [0.4, 0.5) is 0 Å². The first-order valence-electron chi connectivity index (χ1n) is 7.52. The minimum Gasteiger partial charge on any atom is -0.496 e. The van der Waals surface area contributed by atoms with Crippen LogP contribution in [0.25, 0.3) is 0 Å². The van der Waals surface area contributed by atoms with Crippen molar-refractivity contribution >= 4 is 10.0 Å². The summed E-state index contributed by atoms with van der Waals surface area (Å²) in [6, 6.07) is 10.2. The van der Waals surface area contributed by atoms with Crippen molar-refractivity contribution < 1.29 is 22.6 Å². The van der Waals surface area contributed by atoms with Gasteiger partial charge in [0.1, 0.15) is 19.0 Å².